The van der Waals surface area contributed by atoms with E-state index in [9.17, 15) is 18.0 Å². The molecule has 0 unspecified atom stereocenters. The second kappa shape index (κ2) is 10.0. The molecular formula is C20H30N2O5S. The molecule has 0 saturated heterocycles. The van der Waals surface area contributed by atoms with Crippen LogP contribution >= 0.6 is 0 Å². The van der Waals surface area contributed by atoms with Crippen LogP contribution in [-0.4, -0.2) is 50.3 Å². The summed E-state index contributed by atoms with van der Waals surface area (Å²) in [5.41, 5.74) is 0.246. The van der Waals surface area contributed by atoms with Crippen LogP contribution in [0.5, 0.6) is 0 Å². The molecule has 1 aromatic rings. The predicted octanol–water partition coefficient (Wildman–Crippen LogP) is 2.71. The molecule has 1 fully saturated rings. The van der Waals surface area contributed by atoms with Crippen molar-refractivity contribution in [2.75, 3.05) is 13.6 Å². The molecule has 0 heterocycles. The van der Waals surface area contributed by atoms with E-state index in [1.165, 1.54) is 16.4 Å². The van der Waals surface area contributed by atoms with E-state index in [1.807, 2.05) is 0 Å². The van der Waals surface area contributed by atoms with Crippen LogP contribution in [0.25, 0.3) is 0 Å². The van der Waals surface area contributed by atoms with Crippen molar-refractivity contribution in [3.8, 4) is 0 Å². The number of benzene rings is 1. The van der Waals surface area contributed by atoms with Crippen molar-refractivity contribution in [1.29, 1.82) is 0 Å². The van der Waals surface area contributed by atoms with Gasteiger partial charge in [0.15, 0.2) is 0 Å². The van der Waals surface area contributed by atoms with E-state index in [4.69, 9.17) is 4.74 Å². The van der Waals surface area contributed by atoms with E-state index < -0.39 is 15.9 Å². The van der Waals surface area contributed by atoms with Crippen LogP contribution in [0.15, 0.2) is 29.2 Å². The van der Waals surface area contributed by atoms with Gasteiger partial charge >= 0.3 is 5.97 Å². The molecule has 156 valence electrons. The summed E-state index contributed by atoms with van der Waals surface area (Å²) in [4.78, 5) is 24.0. The van der Waals surface area contributed by atoms with Crippen molar-refractivity contribution in [3.05, 3.63) is 29.8 Å². The molecule has 1 aromatic carbocycles. The molecule has 1 aliphatic rings. The Morgan fingerprint density at radius 3 is 2.54 bits per heavy atom. The summed E-state index contributed by atoms with van der Waals surface area (Å²) in [6.45, 7) is 3.64. The molecule has 7 nitrogen and oxygen atoms in total. The highest BCUT2D eigenvalue weighted by Crippen LogP contribution is 2.26. The van der Waals surface area contributed by atoms with Crippen molar-refractivity contribution >= 4 is 21.9 Å². The summed E-state index contributed by atoms with van der Waals surface area (Å²) in [6.07, 6.45) is 4.80. The quantitative estimate of drug-likeness (QED) is 0.665. The number of nitrogens with zero attached hydrogens (tertiary/aromatic N) is 1. The van der Waals surface area contributed by atoms with Gasteiger partial charge in [0.05, 0.1) is 17.4 Å². The van der Waals surface area contributed by atoms with Crippen LogP contribution in [0.4, 0.5) is 0 Å². The first kappa shape index (κ1) is 22.4. The molecule has 1 saturated carbocycles. The summed E-state index contributed by atoms with van der Waals surface area (Å²) in [5.74, 6) is -0.810. The number of carbonyl (C=O) groups is 2. The Morgan fingerprint density at radius 1 is 1.21 bits per heavy atom. The van der Waals surface area contributed by atoms with Crippen LogP contribution in [0.3, 0.4) is 0 Å². The van der Waals surface area contributed by atoms with Gasteiger partial charge in [-0.3, -0.25) is 9.59 Å². The van der Waals surface area contributed by atoms with Crippen LogP contribution < -0.4 is 5.32 Å². The first-order valence-electron chi connectivity index (χ1n) is 9.77. The zero-order valence-corrected chi connectivity index (χ0v) is 17.6. The minimum atomic E-state index is -3.66. The van der Waals surface area contributed by atoms with Gasteiger partial charge < -0.3 is 10.1 Å². The molecule has 1 amide bonds. The van der Waals surface area contributed by atoms with Crippen molar-refractivity contribution in [2.24, 2.45) is 0 Å². The van der Waals surface area contributed by atoms with Crippen molar-refractivity contribution < 1.29 is 22.7 Å². The molecule has 0 aromatic heterocycles. The van der Waals surface area contributed by atoms with Gasteiger partial charge in [0.25, 0.3) is 5.91 Å². The number of sulfonamides is 1. The zero-order chi connectivity index (χ0) is 20.7. The van der Waals surface area contributed by atoms with E-state index in [-0.39, 0.29) is 41.5 Å². The van der Waals surface area contributed by atoms with Crippen LogP contribution in [0.1, 0.15) is 62.7 Å². The Kier molecular flexibility index (Phi) is 8.00. The maximum Gasteiger partial charge on any atom is 0.307 e. The molecule has 28 heavy (non-hydrogen) atoms. The van der Waals surface area contributed by atoms with Crippen molar-refractivity contribution in [2.45, 2.75) is 69.4 Å². The fourth-order valence-corrected chi connectivity index (χ4v) is 4.77. The normalized spacial score (nSPS) is 15.6. The number of carbonyl (C=O) groups excluding carboxylic acids is 2. The van der Waals surface area contributed by atoms with Gasteiger partial charge in [-0.25, -0.2) is 8.42 Å². The molecule has 1 N–H and O–H groups in total. The fourth-order valence-electron chi connectivity index (χ4n) is 3.31. The number of esters is 1. The third-order valence-corrected chi connectivity index (χ3v) is 6.75. The monoisotopic (exact) mass is 410 g/mol. The third kappa shape index (κ3) is 6.04. The van der Waals surface area contributed by atoms with E-state index in [0.29, 0.717) is 0 Å². The van der Waals surface area contributed by atoms with Crippen LogP contribution in [0, 0.1) is 0 Å². The van der Waals surface area contributed by atoms with Crippen LogP contribution in [0.2, 0.25) is 0 Å². The third-order valence-electron chi connectivity index (χ3n) is 4.84. The lowest BCUT2D eigenvalue weighted by Gasteiger charge is -2.30. The van der Waals surface area contributed by atoms with E-state index in [2.05, 4.69) is 5.32 Å². The second-order valence-electron chi connectivity index (χ2n) is 7.39. The Balaban J connectivity index is 2.02. The topological polar surface area (TPSA) is 92.8 Å². The SMILES string of the molecule is CC(C)OC(=O)CCNC(=O)c1cccc(S(=O)(=O)N(C)C2CCCCC2)c1. The van der Waals surface area contributed by atoms with E-state index in [1.54, 1.807) is 33.0 Å². The molecule has 0 aliphatic heterocycles. The highest BCUT2D eigenvalue weighted by atomic mass is 32.2. The Morgan fingerprint density at radius 2 is 1.89 bits per heavy atom. The van der Waals surface area contributed by atoms with Crippen LogP contribution in [-0.2, 0) is 19.6 Å². The number of rotatable bonds is 8. The molecule has 8 heteroatoms. The number of hydrogen-bond donors (Lipinski definition) is 1. The standard InChI is InChI=1S/C20H30N2O5S/c1-15(2)27-19(23)12-13-21-20(24)16-8-7-11-18(14-16)28(25,26)22(3)17-9-5-4-6-10-17/h7-8,11,14-15,17H,4-6,9-10,12-13H2,1-3H3,(H,21,24). The minimum absolute atomic E-state index is 0.00297. The Hall–Kier alpha value is -1.93. The molecule has 0 bridgehead atoms. The summed E-state index contributed by atoms with van der Waals surface area (Å²) >= 11 is 0. The molecule has 2 rings (SSSR count). The summed E-state index contributed by atoms with van der Waals surface area (Å²) in [5, 5.41) is 2.63. The maximum atomic E-state index is 12.9. The van der Waals surface area contributed by atoms with E-state index >= 15 is 0 Å². The highest BCUT2D eigenvalue weighted by molar-refractivity contribution is 7.89. The smallest absolute Gasteiger partial charge is 0.307 e. The molecular weight excluding hydrogens is 380 g/mol. The van der Waals surface area contributed by atoms with Crippen molar-refractivity contribution in [1.82, 2.24) is 9.62 Å². The summed E-state index contributed by atoms with van der Waals surface area (Å²) in [6, 6.07) is 6.01. The lowest BCUT2D eigenvalue weighted by atomic mass is 9.96. The molecule has 0 radical (unpaired) electrons. The van der Waals surface area contributed by atoms with Gasteiger partial charge in [-0.2, -0.15) is 4.31 Å². The lowest BCUT2D eigenvalue weighted by molar-refractivity contribution is -0.147. The number of nitrogens with one attached hydrogen (secondary N) is 1. The van der Waals surface area contributed by atoms with E-state index in [0.717, 1.165) is 32.1 Å². The molecule has 0 atom stereocenters. The maximum absolute atomic E-state index is 12.9. The molecule has 1 aliphatic carbocycles. The lowest BCUT2D eigenvalue weighted by Crippen LogP contribution is -2.38. The second-order valence-corrected chi connectivity index (χ2v) is 9.38. The van der Waals surface area contributed by atoms with Gasteiger partial charge in [0.2, 0.25) is 10.0 Å². The fraction of sp³-hybridized carbons (Fsp3) is 0.600. The largest absolute Gasteiger partial charge is 0.463 e. The summed E-state index contributed by atoms with van der Waals surface area (Å²) < 4.78 is 32.3. The number of hydrogen-bond acceptors (Lipinski definition) is 5. The number of ether oxygens (including phenoxy) is 1. The number of amides is 1. The highest BCUT2D eigenvalue weighted by Gasteiger charge is 2.29. The minimum Gasteiger partial charge on any atom is -0.463 e. The van der Waals surface area contributed by atoms with Gasteiger partial charge in [-0.05, 0) is 44.9 Å². The molecule has 0 spiro atoms. The Labute approximate surface area is 167 Å². The zero-order valence-electron chi connectivity index (χ0n) is 16.8. The Bertz CT molecular complexity index is 786. The average molecular weight is 411 g/mol. The van der Waals surface area contributed by atoms with Gasteiger partial charge in [-0.1, -0.05) is 25.3 Å². The predicted molar refractivity (Wildman–Crippen MR) is 106 cm³/mol. The average Bonchev–Trinajstić information content (AvgIpc) is 2.67. The van der Waals surface area contributed by atoms with Gasteiger partial charge in [0.1, 0.15) is 0 Å². The van der Waals surface area contributed by atoms with Gasteiger partial charge in [0, 0.05) is 25.2 Å². The summed E-state index contributed by atoms with van der Waals surface area (Å²) in [7, 11) is -2.05. The first-order chi connectivity index (χ1) is 13.2. The van der Waals surface area contributed by atoms with Gasteiger partial charge in [-0.15, -0.1) is 0 Å². The van der Waals surface area contributed by atoms with Crippen molar-refractivity contribution in [3.63, 3.8) is 0 Å². The first-order valence-corrected chi connectivity index (χ1v) is 11.2.